The van der Waals surface area contributed by atoms with Crippen molar-refractivity contribution in [3.8, 4) is 0 Å². The van der Waals surface area contributed by atoms with Gasteiger partial charge in [-0.25, -0.2) is 0 Å². The summed E-state index contributed by atoms with van der Waals surface area (Å²) in [5.74, 6) is 0.128. The van der Waals surface area contributed by atoms with Gasteiger partial charge in [-0.2, -0.15) is 0 Å². The number of para-hydroxylation sites is 1. The molecule has 2 unspecified atom stereocenters. The van der Waals surface area contributed by atoms with Crippen molar-refractivity contribution in [2.45, 2.75) is 19.1 Å². The third-order valence-electron chi connectivity index (χ3n) is 3.38. The van der Waals surface area contributed by atoms with Crippen LogP contribution in [-0.2, 0) is 6.54 Å². The Morgan fingerprint density at radius 1 is 1.28 bits per heavy atom. The fourth-order valence-corrected chi connectivity index (χ4v) is 2.54. The van der Waals surface area contributed by atoms with Gasteiger partial charge in [-0.15, -0.1) is 0 Å². The van der Waals surface area contributed by atoms with Crippen LogP contribution in [0.1, 0.15) is 12.0 Å². The van der Waals surface area contributed by atoms with Crippen molar-refractivity contribution in [2.24, 2.45) is 5.92 Å². The van der Waals surface area contributed by atoms with E-state index in [2.05, 4.69) is 10.4 Å². The highest BCUT2D eigenvalue weighted by molar-refractivity contribution is 5.49. The van der Waals surface area contributed by atoms with Crippen molar-refractivity contribution < 1.29 is 15.4 Å². The summed E-state index contributed by atoms with van der Waals surface area (Å²) < 4.78 is 0. The summed E-state index contributed by atoms with van der Waals surface area (Å²) in [7, 11) is 0. The zero-order chi connectivity index (χ0) is 13.0. The molecule has 2 atom stereocenters. The average Bonchev–Trinajstić information content (AvgIpc) is 2.38. The standard InChI is InChI=1S/C13H20N2O3/c16-9-10-5-12(17)8-15(6-10)7-11-3-1-2-4-13(11)14-18/h1-4,10,12,14,16-18H,5-9H2. The van der Waals surface area contributed by atoms with Gasteiger partial charge in [0.05, 0.1) is 11.8 Å². The number of rotatable bonds is 4. The molecule has 0 aliphatic carbocycles. The van der Waals surface area contributed by atoms with Crippen LogP contribution in [0.25, 0.3) is 0 Å². The summed E-state index contributed by atoms with van der Waals surface area (Å²) >= 11 is 0. The number of hydrogen-bond donors (Lipinski definition) is 4. The normalized spacial score (nSPS) is 25.1. The van der Waals surface area contributed by atoms with E-state index in [1.54, 1.807) is 6.07 Å². The first-order valence-corrected chi connectivity index (χ1v) is 6.22. The Bertz CT molecular complexity index is 386. The smallest absolute Gasteiger partial charge is 0.0671 e. The van der Waals surface area contributed by atoms with Crippen molar-refractivity contribution in [2.75, 3.05) is 25.2 Å². The Morgan fingerprint density at radius 2 is 2.06 bits per heavy atom. The van der Waals surface area contributed by atoms with Gasteiger partial charge >= 0.3 is 0 Å². The quantitative estimate of drug-likeness (QED) is 0.592. The number of hydrogen-bond acceptors (Lipinski definition) is 5. The Hall–Kier alpha value is -1.14. The molecule has 4 N–H and O–H groups in total. The average molecular weight is 252 g/mol. The van der Waals surface area contributed by atoms with Gasteiger partial charge in [0.2, 0.25) is 0 Å². The van der Waals surface area contributed by atoms with Crippen molar-refractivity contribution in [1.29, 1.82) is 0 Å². The Labute approximate surface area is 107 Å². The molecular weight excluding hydrogens is 232 g/mol. The van der Waals surface area contributed by atoms with Crippen molar-refractivity contribution >= 4 is 5.69 Å². The van der Waals surface area contributed by atoms with E-state index in [9.17, 15) is 10.2 Å². The van der Waals surface area contributed by atoms with Crippen molar-refractivity contribution in [1.82, 2.24) is 4.90 Å². The highest BCUT2D eigenvalue weighted by atomic mass is 16.5. The van der Waals surface area contributed by atoms with Crippen molar-refractivity contribution in [3.05, 3.63) is 29.8 Å². The van der Waals surface area contributed by atoms with E-state index in [4.69, 9.17) is 5.21 Å². The van der Waals surface area contributed by atoms with E-state index in [1.165, 1.54) is 0 Å². The van der Waals surface area contributed by atoms with Gasteiger partial charge in [0, 0.05) is 26.2 Å². The van der Waals surface area contributed by atoms with Gasteiger partial charge < -0.3 is 10.2 Å². The summed E-state index contributed by atoms with van der Waals surface area (Å²) in [6.07, 6.45) is 0.275. The predicted octanol–water partition coefficient (Wildman–Crippen LogP) is 0.663. The summed E-state index contributed by atoms with van der Waals surface area (Å²) in [5.41, 5.74) is 3.84. The number of nitrogens with zero attached hydrogens (tertiary/aromatic N) is 1. The summed E-state index contributed by atoms with van der Waals surface area (Å²) in [6, 6.07) is 7.51. The van der Waals surface area contributed by atoms with Crippen LogP contribution >= 0.6 is 0 Å². The lowest BCUT2D eigenvalue weighted by Gasteiger charge is -2.35. The molecule has 0 amide bonds. The second-order valence-electron chi connectivity index (χ2n) is 4.90. The number of nitrogens with one attached hydrogen (secondary N) is 1. The third kappa shape index (κ3) is 3.20. The van der Waals surface area contributed by atoms with Crippen LogP contribution < -0.4 is 5.48 Å². The number of aliphatic hydroxyl groups is 2. The molecule has 1 heterocycles. The number of benzene rings is 1. The van der Waals surface area contributed by atoms with Gasteiger partial charge in [-0.05, 0) is 24.0 Å². The largest absolute Gasteiger partial charge is 0.396 e. The fourth-order valence-electron chi connectivity index (χ4n) is 2.54. The van der Waals surface area contributed by atoms with E-state index in [0.29, 0.717) is 25.2 Å². The van der Waals surface area contributed by atoms with Crippen molar-refractivity contribution in [3.63, 3.8) is 0 Å². The molecule has 2 rings (SSSR count). The zero-order valence-electron chi connectivity index (χ0n) is 10.3. The van der Waals surface area contributed by atoms with Crippen LogP contribution in [0, 0.1) is 5.92 Å². The van der Waals surface area contributed by atoms with Gasteiger partial charge in [0.25, 0.3) is 0 Å². The molecule has 0 radical (unpaired) electrons. The van der Waals surface area contributed by atoms with E-state index in [1.807, 2.05) is 18.2 Å². The van der Waals surface area contributed by atoms with Gasteiger partial charge in [0.1, 0.15) is 0 Å². The first kappa shape index (κ1) is 13.3. The van der Waals surface area contributed by atoms with Crippen LogP contribution in [0.2, 0.25) is 0 Å². The lowest BCUT2D eigenvalue weighted by Crippen LogP contribution is -2.43. The highest BCUT2D eigenvalue weighted by Crippen LogP contribution is 2.21. The molecule has 5 heteroatoms. The lowest BCUT2D eigenvalue weighted by molar-refractivity contribution is 0.0177. The predicted molar refractivity (Wildman–Crippen MR) is 68.3 cm³/mol. The first-order valence-electron chi connectivity index (χ1n) is 6.22. The minimum Gasteiger partial charge on any atom is -0.396 e. The van der Waals surface area contributed by atoms with Gasteiger partial charge in [-0.3, -0.25) is 15.6 Å². The van der Waals surface area contributed by atoms with Crippen LogP contribution in [0.4, 0.5) is 5.69 Å². The van der Waals surface area contributed by atoms with Gasteiger partial charge in [-0.1, -0.05) is 18.2 Å². The van der Waals surface area contributed by atoms with Crippen LogP contribution in [0.3, 0.4) is 0 Å². The Morgan fingerprint density at radius 3 is 2.78 bits per heavy atom. The molecule has 1 aromatic carbocycles. The zero-order valence-corrected chi connectivity index (χ0v) is 10.3. The number of anilines is 1. The molecule has 0 saturated carbocycles. The maximum atomic E-state index is 9.77. The van der Waals surface area contributed by atoms with E-state index in [-0.39, 0.29) is 18.6 Å². The molecule has 100 valence electrons. The maximum Gasteiger partial charge on any atom is 0.0671 e. The fraction of sp³-hybridized carbons (Fsp3) is 0.538. The molecule has 0 spiro atoms. The molecule has 1 aliphatic heterocycles. The Kier molecular flexibility index (Phi) is 4.54. The van der Waals surface area contributed by atoms with Crippen LogP contribution in [-0.4, -0.2) is 46.1 Å². The molecule has 1 aromatic rings. The van der Waals surface area contributed by atoms with E-state index in [0.717, 1.165) is 12.1 Å². The molecule has 1 fully saturated rings. The van der Waals surface area contributed by atoms with Crippen LogP contribution in [0.5, 0.6) is 0 Å². The maximum absolute atomic E-state index is 9.77. The Balaban J connectivity index is 2.04. The second-order valence-corrected chi connectivity index (χ2v) is 4.90. The summed E-state index contributed by atoms with van der Waals surface area (Å²) in [6.45, 7) is 2.13. The summed E-state index contributed by atoms with van der Waals surface area (Å²) in [5, 5.41) is 28.0. The van der Waals surface area contributed by atoms with Crippen LogP contribution in [0.15, 0.2) is 24.3 Å². The topological polar surface area (TPSA) is 76.0 Å². The first-order chi connectivity index (χ1) is 8.72. The third-order valence-corrected chi connectivity index (χ3v) is 3.38. The summed E-state index contributed by atoms with van der Waals surface area (Å²) in [4.78, 5) is 2.10. The minimum absolute atomic E-state index is 0.105. The molecule has 1 aliphatic rings. The molecule has 0 bridgehead atoms. The molecule has 0 aromatic heterocycles. The molecular formula is C13H20N2O3. The van der Waals surface area contributed by atoms with E-state index < -0.39 is 0 Å². The lowest BCUT2D eigenvalue weighted by atomic mass is 9.96. The second kappa shape index (κ2) is 6.15. The number of aliphatic hydroxyl groups excluding tert-OH is 2. The number of likely N-dealkylation sites (tertiary alicyclic amines) is 1. The monoisotopic (exact) mass is 252 g/mol. The number of piperidine rings is 1. The molecule has 5 nitrogen and oxygen atoms in total. The molecule has 1 saturated heterocycles. The van der Waals surface area contributed by atoms with Gasteiger partial charge in [0.15, 0.2) is 0 Å². The molecule has 18 heavy (non-hydrogen) atoms. The number of β-amino-alcohol motifs (C(OH)–C–C–N with tert-alkyl or cyclic N) is 1. The van der Waals surface area contributed by atoms with E-state index >= 15 is 0 Å². The highest BCUT2D eigenvalue weighted by Gasteiger charge is 2.25. The minimum atomic E-state index is -0.384. The SMILES string of the molecule is OCC1CC(O)CN(Cc2ccccc2NO)C1.